The van der Waals surface area contributed by atoms with Gasteiger partial charge in [-0.15, -0.1) is 0 Å². The van der Waals surface area contributed by atoms with Gasteiger partial charge in [-0.1, -0.05) is 36.4 Å². The number of anilines is 1. The number of carbonyl (C=O) groups excluding carboxylic acids is 1. The van der Waals surface area contributed by atoms with Crippen molar-refractivity contribution in [3.63, 3.8) is 0 Å². The number of nitrogens with two attached hydrogens (primary N) is 1. The van der Waals surface area contributed by atoms with Crippen molar-refractivity contribution in [3.05, 3.63) is 59.9 Å². The summed E-state index contributed by atoms with van der Waals surface area (Å²) in [6.07, 6.45) is 4.96. The number of aliphatic imine (C=N–C) groups is 1. The van der Waals surface area contributed by atoms with Crippen LogP contribution in [-0.2, 0) is 5.54 Å². The van der Waals surface area contributed by atoms with Crippen molar-refractivity contribution in [2.45, 2.75) is 24.8 Å². The van der Waals surface area contributed by atoms with Gasteiger partial charge < -0.3 is 11.1 Å². The van der Waals surface area contributed by atoms with E-state index in [9.17, 15) is 4.79 Å². The van der Waals surface area contributed by atoms with Crippen LogP contribution in [0.2, 0.25) is 0 Å². The van der Waals surface area contributed by atoms with E-state index in [1.54, 1.807) is 36.2 Å². The number of pyridine rings is 1. The highest BCUT2D eigenvalue weighted by Crippen LogP contribution is 2.50. The predicted molar refractivity (Wildman–Crippen MR) is 102 cm³/mol. The summed E-state index contributed by atoms with van der Waals surface area (Å²) in [5.74, 6) is 1.31. The topological polar surface area (TPSA) is 80.4 Å². The number of amidine groups is 1. The lowest BCUT2D eigenvalue weighted by atomic mass is 9.81. The fourth-order valence-electron chi connectivity index (χ4n) is 3.85. The summed E-state index contributed by atoms with van der Waals surface area (Å²) in [5.41, 5.74) is 8.11. The van der Waals surface area contributed by atoms with Gasteiger partial charge in [0.15, 0.2) is 5.17 Å². The number of hydrogen-bond acceptors (Lipinski definition) is 5. The number of hydrogen-bond donors (Lipinski definition) is 2. The number of fused-ring (bicyclic) bond motifs is 1. The van der Waals surface area contributed by atoms with Crippen molar-refractivity contribution in [1.82, 2.24) is 4.98 Å². The van der Waals surface area contributed by atoms with Crippen molar-refractivity contribution >= 4 is 28.5 Å². The highest BCUT2D eigenvalue weighted by molar-refractivity contribution is 8.13. The van der Waals surface area contributed by atoms with Crippen LogP contribution in [0.15, 0.2) is 53.7 Å². The van der Waals surface area contributed by atoms with Crippen LogP contribution in [0.25, 0.3) is 0 Å². The van der Waals surface area contributed by atoms with Gasteiger partial charge in [0.2, 0.25) is 0 Å². The quantitative estimate of drug-likeness (QED) is 0.887. The van der Waals surface area contributed by atoms with Crippen LogP contribution in [0.4, 0.5) is 5.69 Å². The molecule has 0 saturated heterocycles. The van der Waals surface area contributed by atoms with Crippen molar-refractivity contribution in [3.8, 4) is 0 Å². The molecule has 0 unspecified atom stereocenters. The van der Waals surface area contributed by atoms with Gasteiger partial charge >= 0.3 is 0 Å². The van der Waals surface area contributed by atoms with Crippen LogP contribution < -0.4 is 11.1 Å². The molecule has 1 aromatic heterocycles. The summed E-state index contributed by atoms with van der Waals surface area (Å²) < 4.78 is 0. The molecule has 1 aliphatic heterocycles. The highest BCUT2D eigenvalue weighted by Gasteiger charge is 2.46. The fourth-order valence-corrected chi connectivity index (χ4v) is 4.89. The van der Waals surface area contributed by atoms with Crippen LogP contribution in [0.1, 0.15) is 35.3 Å². The van der Waals surface area contributed by atoms with E-state index in [2.05, 4.69) is 16.4 Å². The van der Waals surface area contributed by atoms with Gasteiger partial charge in [0.1, 0.15) is 5.69 Å². The Morgan fingerprint density at radius 2 is 2.20 bits per heavy atom. The van der Waals surface area contributed by atoms with Gasteiger partial charge in [0.25, 0.3) is 5.91 Å². The van der Waals surface area contributed by atoms with Gasteiger partial charge in [-0.3, -0.25) is 14.8 Å². The maximum Gasteiger partial charge on any atom is 0.274 e. The number of benzene rings is 1. The lowest BCUT2D eigenvalue weighted by molar-refractivity contribution is 0.102. The van der Waals surface area contributed by atoms with Crippen molar-refractivity contribution in [2.75, 3.05) is 11.1 Å². The Labute approximate surface area is 151 Å². The molecular weight excluding hydrogens is 332 g/mol. The van der Waals surface area contributed by atoms with Gasteiger partial charge in [0, 0.05) is 17.6 Å². The summed E-state index contributed by atoms with van der Waals surface area (Å²) in [7, 11) is 0. The Bertz CT molecular complexity index is 823. The van der Waals surface area contributed by atoms with E-state index < -0.39 is 0 Å². The van der Waals surface area contributed by atoms with E-state index in [0.29, 0.717) is 16.8 Å². The smallest absolute Gasteiger partial charge is 0.274 e. The lowest BCUT2D eigenvalue weighted by Crippen LogP contribution is -2.36. The van der Waals surface area contributed by atoms with Crippen LogP contribution in [0.5, 0.6) is 0 Å². The van der Waals surface area contributed by atoms with E-state index in [1.165, 1.54) is 6.42 Å². The van der Waals surface area contributed by atoms with E-state index in [0.717, 1.165) is 29.8 Å². The van der Waals surface area contributed by atoms with Crippen molar-refractivity contribution in [1.29, 1.82) is 0 Å². The largest absolute Gasteiger partial charge is 0.379 e. The number of aromatic nitrogens is 1. The molecule has 5 nitrogen and oxygen atoms in total. The molecule has 128 valence electrons. The first kappa shape index (κ1) is 16.1. The Morgan fingerprint density at radius 1 is 1.28 bits per heavy atom. The van der Waals surface area contributed by atoms with E-state index in [1.807, 2.05) is 18.2 Å². The molecule has 1 fully saturated rings. The van der Waals surface area contributed by atoms with E-state index >= 15 is 0 Å². The molecule has 25 heavy (non-hydrogen) atoms. The third-order valence-electron chi connectivity index (χ3n) is 5.05. The molecule has 0 bridgehead atoms. The van der Waals surface area contributed by atoms with E-state index in [-0.39, 0.29) is 11.4 Å². The Hall–Kier alpha value is -2.34. The van der Waals surface area contributed by atoms with Crippen LogP contribution in [0.3, 0.4) is 0 Å². The molecule has 4 rings (SSSR count). The van der Waals surface area contributed by atoms with Crippen LogP contribution in [-0.4, -0.2) is 21.8 Å². The Morgan fingerprint density at radius 3 is 3.04 bits per heavy atom. The van der Waals surface area contributed by atoms with Crippen LogP contribution >= 0.6 is 11.8 Å². The monoisotopic (exact) mass is 352 g/mol. The molecule has 0 spiro atoms. The summed E-state index contributed by atoms with van der Waals surface area (Å²) >= 11 is 1.65. The number of nitrogens with one attached hydrogen (secondary N) is 1. The molecule has 0 radical (unpaired) electrons. The molecule has 1 amide bonds. The first-order valence-electron chi connectivity index (χ1n) is 8.48. The standard InChI is InChI=1S/C19H20N4OS/c20-18-23-19(9-4-6-14(19)12-25-18)13-5-3-7-15(11-13)22-17(24)16-8-1-2-10-21-16/h1-3,5,7-8,10-11,14H,4,6,9,12H2,(H2,20,23)(H,22,24)/t14-,19+/m0/s1. The second-order valence-corrected chi connectivity index (χ2v) is 7.56. The first-order valence-corrected chi connectivity index (χ1v) is 9.47. The zero-order chi connectivity index (χ0) is 17.3. The summed E-state index contributed by atoms with van der Waals surface area (Å²) in [5, 5.41) is 3.61. The second-order valence-electron chi connectivity index (χ2n) is 6.52. The molecular formula is C19H20N4OS. The number of amides is 1. The van der Waals surface area contributed by atoms with Gasteiger partial charge in [-0.05, 0) is 48.6 Å². The Balaban J connectivity index is 1.64. The van der Waals surface area contributed by atoms with Crippen LogP contribution in [0, 0.1) is 5.92 Å². The predicted octanol–water partition coefficient (Wildman–Crippen LogP) is 3.39. The molecule has 1 aliphatic carbocycles. The second kappa shape index (κ2) is 6.52. The number of rotatable bonds is 3. The van der Waals surface area contributed by atoms with Gasteiger partial charge in [-0.25, -0.2) is 0 Å². The molecule has 2 aliphatic rings. The fraction of sp³-hybridized carbons (Fsp3) is 0.316. The van der Waals surface area contributed by atoms with Crippen molar-refractivity contribution < 1.29 is 4.79 Å². The molecule has 1 aromatic carbocycles. The number of nitrogens with zero attached hydrogens (tertiary/aromatic N) is 2. The van der Waals surface area contributed by atoms with E-state index in [4.69, 9.17) is 10.7 Å². The SMILES string of the molecule is NC1=N[C@@]2(c3cccc(NC(=O)c4ccccn4)c3)CCC[C@H]2CS1. The zero-order valence-electron chi connectivity index (χ0n) is 13.8. The Kier molecular flexibility index (Phi) is 4.21. The molecule has 3 N–H and O–H groups in total. The lowest BCUT2D eigenvalue weighted by Gasteiger charge is -2.36. The minimum absolute atomic E-state index is 0.208. The average Bonchev–Trinajstić information content (AvgIpc) is 3.07. The molecule has 2 aromatic rings. The maximum absolute atomic E-state index is 12.4. The zero-order valence-corrected chi connectivity index (χ0v) is 14.6. The minimum atomic E-state index is -0.235. The molecule has 1 saturated carbocycles. The average molecular weight is 352 g/mol. The maximum atomic E-state index is 12.4. The molecule has 6 heteroatoms. The summed E-state index contributed by atoms with van der Waals surface area (Å²) in [6, 6.07) is 13.3. The first-order chi connectivity index (χ1) is 12.2. The summed E-state index contributed by atoms with van der Waals surface area (Å²) in [6.45, 7) is 0. The van der Waals surface area contributed by atoms with Gasteiger partial charge in [0.05, 0.1) is 5.54 Å². The number of thioether (sulfide) groups is 1. The third-order valence-corrected chi connectivity index (χ3v) is 6.00. The minimum Gasteiger partial charge on any atom is -0.379 e. The summed E-state index contributed by atoms with van der Waals surface area (Å²) in [4.78, 5) is 21.3. The molecule has 2 atom stereocenters. The number of carbonyl (C=O) groups is 1. The molecule has 2 heterocycles. The normalized spacial score (nSPS) is 25.1. The third kappa shape index (κ3) is 3.02. The van der Waals surface area contributed by atoms with Crippen molar-refractivity contribution in [2.24, 2.45) is 16.6 Å². The highest BCUT2D eigenvalue weighted by atomic mass is 32.2. The van der Waals surface area contributed by atoms with Gasteiger partial charge in [-0.2, -0.15) is 0 Å².